The molecule has 0 saturated carbocycles. The second-order valence-corrected chi connectivity index (χ2v) is 3.64. The Bertz CT molecular complexity index is 128. The molecule has 0 spiro atoms. The molecular formula is C9H18O2. The lowest BCUT2D eigenvalue weighted by Crippen LogP contribution is -2.21. The highest BCUT2D eigenvalue weighted by Gasteiger charge is 2.15. The number of carbonyl (C=O) groups excluding carboxylic acids is 1. The number of ketones is 1. The van der Waals surface area contributed by atoms with Crippen molar-refractivity contribution in [3.8, 4) is 0 Å². The minimum Gasteiger partial charge on any atom is -0.392 e. The maximum atomic E-state index is 11.1. The Morgan fingerprint density at radius 2 is 1.73 bits per heavy atom. The van der Waals surface area contributed by atoms with Crippen LogP contribution in [0.15, 0.2) is 0 Å². The van der Waals surface area contributed by atoms with E-state index < -0.39 is 6.10 Å². The fourth-order valence-electron chi connectivity index (χ4n) is 0.678. The molecule has 0 radical (unpaired) electrons. The van der Waals surface area contributed by atoms with Crippen molar-refractivity contribution in [1.29, 1.82) is 0 Å². The maximum absolute atomic E-state index is 11.1. The normalized spacial score (nSPS) is 14.1. The fourth-order valence-corrected chi connectivity index (χ4v) is 0.678. The van der Waals surface area contributed by atoms with Crippen LogP contribution in [-0.2, 0) is 4.79 Å². The van der Waals surface area contributed by atoms with Crippen molar-refractivity contribution in [3.05, 3.63) is 0 Å². The zero-order valence-electron chi connectivity index (χ0n) is 7.79. The Morgan fingerprint density at radius 1 is 1.27 bits per heavy atom. The summed E-state index contributed by atoms with van der Waals surface area (Å²) in [6.45, 7) is 7.54. The fraction of sp³-hybridized carbons (Fsp3) is 0.889. The lowest BCUT2D eigenvalue weighted by atomic mass is 9.97. The number of hydrogen-bond donors (Lipinski definition) is 1. The summed E-state index contributed by atoms with van der Waals surface area (Å²) in [6, 6.07) is 0. The average molecular weight is 158 g/mol. The van der Waals surface area contributed by atoms with Crippen LogP contribution in [-0.4, -0.2) is 17.0 Å². The largest absolute Gasteiger partial charge is 0.392 e. The Morgan fingerprint density at radius 3 is 2.00 bits per heavy atom. The molecule has 1 atom stereocenters. The van der Waals surface area contributed by atoms with E-state index in [9.17, 15) is 9.90 Å². The molecule has 0 amide bonds. The van der Waals surface area contributed by atoms with Gasteiger partial charge in [-0.2, -0.15) is 0 Å². The Hall–Kier alpha value is -0.370. The highest BCUT2D eigenvalue weighted by atomic mass is 16.3. The quantitative estimate of drug-likeness (QED) is 0.675. The third kappa shape index (κ3) is 4.14. The predicted octanol–water partition coefficient (Wildman–Crippen LogP) is 1.62. The second kappa shape index (κ2) is 4.50. The molecular weight excluding hydrogens is 140 g/mol. The van der Waals surface area contributed by atoms with Gasteiger partial charge in [-0.05, 0) is 5.92 Å². The molecule has 0 bridgehead atoms. The number of carbonyl (C=O) groups is 1. The van der Waals surface area contributed by atoms with Crippen molar-refractivity contribution >= 4 is 5.78 Å². The molecule has 0 aromatic rings. The molecule has 0 heterocycles. The number of aliphatic hydroxyl groups is 1. The maximum Gasteiger partial charge on any atom is 0.138 e. The van der Waals surface area contributed by atoms with Crippen molar-refractivity contribution < 1.29 is 9.90 Å². The van der Waals surface area contributed by atoms with Crippen LogP contribution >= 0.6 is 0 Å². The third-order valence-corrected chi connectivity index (χ3v) is 1.82. The van der Waals surface area contributed by atoms with Crippen molar-refractivity contribution in [2.75, 3.05) is 0 Å². The molecule has 1 unspecified atom stereocenters. The summed E-state index contributed by atoms with van der Waals surface area (Å²) in [7, 11) is 0. The molecule has 0 aliphatic carbocycles. The third-order valence-electron chi connectivity index (χ3n) is 1.82. The molecule has 0 saturated heterocycles. The summed E-state index contributed by atoms with van der Waals surface area (Å²) in [6.07, 6.45) is -0.167. The van der Waals surface area contributed by atoms with E-state index in [-0.39, 0.29) is 17.6 Å². The van der Waals surface area contributed by atoms with E-state index in [0.717, 1.165) is 0 Å². The van der Waals surface area contributed by atoms with E-state index in [1.165, 1.54) is 0 Å². The topological polar surface area (TPSA) is 37.3 Å². The van der Waals surface area contributed by atoms with Gasteiger partial charge < -0.3 is 5.11 Å². The second-order valence-electron chi connectivity index (χ2n) is 3.64. The van der Waals surface area contributed by atoms with Crippen molar-refractivity contribution in [2.45, 2.75) is 40.2 Å². The first-order valence-electron chi connectivity index (χ1n) is 4.16. The standard InChI is InChI=1S/C9H18O2/c1-6(2)8(10)5-9(11)7(3)4/h6-8,10H,5H2,1-4H3. The van der Waals surface area contributed by atoms with Crippen LogP contribution in [0.1, 0.15) is 34.1 Å². The minimum absolute atomic E-state index is 0.0448. The van der Waals surface area contributed by atoms with E-state index in [0.29, 0.717) is 6.42 Å². The molecule has 0 rings (SSSR count). The predicted molar refractivity (Wildman–Crippen MR) is 45.3 cm³/mol. The van der Waals surface area contributed by atoms with Gasteiger partial charge >= 0.3 is 0 Å². The summed E-state index contributed by atoms with van der Waals surface area (Å²) in [5.41, 5.74) is 0. The lowest BCUT2D eigenvalue weighted by Gasteiger charge is -2.14. The van der Waals surface area contributed by atoms with Crippen LogP contribution in [0.5, 0.6) is 0 Å². The molecule has 2 heteroatoms. The van der Waals surface area contributed by atoms with Gasteiger partial charge in [-0.15, -0.1) is 0 Å². The van der Waals surface area contributed by atoms with Crippen molar-refractivity contribution in [1.82, 2.24) is 0 Å². The van der Waals surface area contributed by atoms with Gasteiger partial charge in [0.1, 0.15) is 5.78 Å². The van der Waals surface area contributed by atoms with Crippen molar-refractivity contribution in [3.63, 3.8) is 0 Å². The molecule has 2 nitrogen and oxygen atoms in total. The van der Waals surface area contributed by atoms with E-state index in [1.54, 1.807) is 0 Å². The van der Waals surface area contributed by atoms with Crippen LogP contribution in [0.25, 0.3) is 0 Å². The summed E-state index contributed by atoms with van der Waals surface area (Å²) in [5.74, 6) is 0.368. The highest BCUT2D eigenvalue weighted by molar-refractivity contribution is 5.80. The van der Waals surface area contributed by atoms with Gasteiger partial charge in [0.15, 0.2) is 0 Å². The van der Waals surface area contributed by atoms with E-state index in [1.807, 2.05) is 27.7 Å². The molecule has 0 aliphatic heterocycles. The molecule has 0 fully saturated rings. The summed E-state index contributed by atoms with van der Waals surface area (Å²) >= 11 is 0. The zero-order valence-corrected chi connectivity index (χ0v) is 7.79. The lowest BCUT2D eigenvalue weighted by molar-refractivity contribution is -0.124. The van der Waals surface area contributed by atoms with Crippen LogP contribution in [0.3, 0.4) is 0 Å². The number of rotatable bonds is 4. The molecule has 0 aromatic carbocycles. The molecule has 0 aromatic heterocycles. The van der Waals surface area contributed by atoms with Crippen LogP contribution in [0, 0.1) is 11.8 Å². The average Bonchev–Trinajstić information content (AvgIpc) is 1.87. The zero-order chi connectivity index (χ0) is 9.02. The minimum atomic E-state index is -0.468. The van der Waals surface area contributed by atoms with E-state index in [2.05, 4.69) is 0 Å². The molecule has 11 heavy (non-hydrogen) atoms. The Balaban J connectivity index is 3.76. The first-order chi connectivity index (χ1) is 4.95. The van der Waals surface area contributed by atoms with Gasteiger partial charge in [-0.25, -0.2) is 0 Å². The van der Waals surface area contributed by atoms with Gasteiger partial charge in [0.05, 0.1) is 6.10 Å². The molecule has 1 N–H and O–H groups in total. The number of hydrogen-bond acceptors (Lipinski definition) is 2. The molecule has 0 aliphatic rings. The Kier molecular flexibility index (Phi) is 4.34. The monoisotopic (exact) mass is 158 g/mol. The van der Waals surface area contributed by atoms with E-state index in [4.69, 9.17) is 0 Å². The number of Topliss-reactive ketones (excluding diaryl/α,β-unsaturated/α-hetero) is 1. The smallest absolute Gasteiger partial charge is 0.138 e. The van der Waals surface area contributed by atoms with Crippen LogP contribution in [0.2, 0.25) is 0 Å². The number of aliphatic hydroxyl groups excluding tert-OH is 1. The first kappa shape index (κ1) is 10.6. The van der Waals surface area contributed by atoms with E-state index >= 15 is 0 Å². The van der Waals surface area contributed by atoms with Gasteiger partial charge in [0, 0.05) is 12.3 Å². The van der Waals surface area contributed by atoms with Crippen LogP contribution in [0.4, 0.5) is 0 Å². The van der Waals surface area contributed by atoms with Crippen molar-refractivity contribution in [2.24, 2.45) is 11.8 Å². The summed E-state index contributed by atoms with van der Waals surface area (Å²) < 4.78 is 0. The summed E-state index contributed by atoms with van der Waals surface area (Å²) in [5, 5.41) is 9.32. The van der Waals surface area contributed by atoms with Gasteiger partial charge in [0.2, 0.25) is 0 Å². The highest BCUT2D eigenvalue weighted by Crippen LogP contribution is 2.09. The van der Waals surface area contributed by atoms with Gasteiger partial charge in [0.25, 0.3) is 0 Å². The first-order valence-corrected chi connectivity index (χ1v) is 4.16. The SMILES string of the molecule is CC(C)C(=O)CC(O)C(C)C. The Labute approximate surface area is 68.6 Å². The van der Waals surface area contributed by atoms with Gasteiger partial charge in [-0.1, -0.05) is 27.7 Å². The summed E-state index contributed by atoms with van der Waals surface area (Å²) in [4.78, 5) is 11.1. The van der Waals surface area contributed by atoms with Crippen LogP contribution < -0.4 is 0 Å². The van der Waals surface area contributed by atoms with Gasteiger partial charge in [-0.3, -0.25) is 4.79 Å². The molecule has 66 valence electrons.